The van der Waals surface area contributed by atoms with Crippen LogP contribution in [0.25, 0.3) is 0 Å². The third-order valence-electron chi connectivity index (χ3n) is 1.20. The Hall–Kier alpha value is -0.770. The summed E-state index contributed by atoms with van der Waals surface area (Å²) in [5.74, 6) is 1.19. The third-order valence-corrected chi connectivity index (χ3v) is 1.20. The molecule has 0 aliphatic carbocycles. The topological polar surface area (TPSA) is 29.7 Å². The van der Waals surface area contributed by atoms with Gasteiger partial charge in [-0.3, -0.25) is 14.4 Å². The van der Waals surface area contributed by atoms with E-state index in [1.807, 2.05) is 42.3 Å². The van der Waals surface area contributed by atoms with Gasteiger partial charge in [0.1, 0.15) is 0 Å². The van der Waals surface area contributed by atoms with Crippen LogP contribution in [-0.2, 0) is 0 Å². The average Bonchev–Trinajstić information content (AvgIpc) is 1.88. The number of guanidine groups is 1. The van der Waals surface area contributed by atoms with Crippen LogP contribution in [-0.4, -0.2) is 74.8 Å². The molecule has 0 atom stereocenters. The summed E-state index contributed by atoms with van der Waals surface area (Å²) in [5.41, 5.74) is 0. The summed E-state index contributed by atoms with van der Waals surface area (Å²) >= 11 is 0. The Labute approximate surface area is 75.7 Å². The fourth-order valence-corrected chi connectivity index (χ4v) is 1.20. The Kier molecular flexibility index (Phi) is 7.94. The molecule has 0 bridgehead atoms. The van der Waals surface area contributed by atoms with Gasteiger partial charge in [-0.25, -0.2) is 0 Å². The highest BCUT2D eigenvalue weighted by Gasteiger charge is 2.12. The first-order valence-corrected chi connectivity index (χ1v) is 3.80. The number of nitrogens with zero attached hydrogens (tertiary/aromatic N) is 3. The van der Waals surface area contributed by atoms with Crippen molar-refractivity contribution in [2.24, 2.45) is 0 Å². The molecule has 0 rings (SSSR count). The van der Waals surface area contributed by atoms with Crippen LogP contribution in [0.15, 0.2) is 0 Å². The normalized spacial score (nSPS) is 8.00. The molecule has 4 nitrogen and oxygen atoms in total. The van der Waals surface area contributed by atoms with Gasteiger partial charge in [0.25, 0.3) is 0 Å². The summed E-state index contributed by atoms with van der Waals surface area (Å²) < 4.78 is 2.08. The molecule has 0 aromatic rings. The van der Waals surface area contributed by atoms with Crippen molar-refractivity contribution in [2.45, 2.75) is 0 Å². The van der Waals surface area contributed by atoms with Crippen LogP contribution in [0, 0.1) is 0 Å². The molecule has 0 aliphatic rings. The molecule has 0 radical (unpaired) electrons. The molecule has 0 spiro atoms. The molecule has 0 aromatic heterocycles. The molecule has 12 heavy (non-hydrogen) atoms. The van der Waals surface area contributed by atoms with E-state index >= 15 is 0 Å². The molecule has 0 aromatic carbocycles. The van der Waals surface area contributed by atoms with E-state index in [4.69, 9.17) is 5.11 Å². The molecule has 0 heterocycles. The van der Waals surface area contributed by atoms with Crippen LogP contribution in [0.2, 0.25) is 0 Å². The second kappa shape index (κ2) is 6.91. The molecule has 0 saturated heterocycles. The van der Waals surface area contributed by atoms with Gasteiger partial charge in [0.2, 0.25) is 0 Å². The monoisotopic (exact) mass is 176 g/mol. The van der Waals surface area contributed by atoms with Crippen LogP contribution in [0.1, 0.15) is 0 Å². The predicted molar refractivity (Wildman–Crippen MR) is 52.6 cm³/mol. The Balaban J connectivity index is 0. The van der Waals surface area contributed by atoms with Crippen LogP contribution in [0.5, 0.6) is 0 Å². The van der Waals surface area contributed by atoms with Gasteiger partial charge in [0.05, 0.1) is 42.3 Å². The predicted octanol–water partition coefficient (Wildman–Crippen LogP) is -0.654. The average molecular weight is 176 g/mol. The smallest absolute Gasteiger partial charge is 0.349 e. The fourth-order valence-electron chi connectivity index (χ4n) is 1.20. The van der Waals surface area contributed by atoms with Gasteiger partial charge in [-0.1, -0.05) is 0 Å². The summed E-state index contributed by atoms with van der Waals surface area (Å²) in [6.45, 7) is 0. The first kappa shape index (κ1) is 13.8. The van der Waals surface area contributed by atoms with E-state index in [1.54, 1.807) is 0 Å². The highest BCUT2D eigenvalue weighted by molar-refractivity contribution is 5.73. The van der Waals surface area contributed by atoms with Crippen molar-refractivity contribution >= 4 is 5.96 Å². The minimum absolute atomic E-state index is 1.00. The lowest BCUT2D eigenvalue weighted by molar-refractivity contribution is -0.475. The highest BCUT2D eigenvalue weighted by Crippen LogP contribution is 1.84. The number of aliphatic hydroxyl groups excluding tert-OH is 1. The molecule has 0 unspecified atom stereocenters. The van der Waals surface area contributed by atoms with E-state index in [0.29, 0.717) is 0 Å². The molecule has 1 N–H and O–H groups in total. The van der Waals surface area contributed by atoms with Crippen LogP contribution >= 0.6 is 0 Å². The van der Waals surface area contributed by atoms with Crippen molar-refractivity contribution in [3.63, 3.8) is 0 Å². The van der Waals surface area contributed by atoms with Crippen molar-refractivity contribution in [1.29, 1.82) is 0 Å². The Bertz CT molecular complexity index is 127. The van der Waals surface area contributed by atoms with Crippen molar-refractivity contribution in [1.82, 2.24) is 9.80 Å². The van der Waals surface area contributed by atoms with E-state index in [0.717, 1.165) is 7.11 Å². The minimum atomic E-state index is 1.00. The maximum atomic E-state index is 7.00. The second-order valence-corrected chi connectivity index (χ2v) is 2.98. The third kappa shape index (κ3) is 4.96. The van der Waals surface area contributed by atoms with Gasteiger partial charge < -0.3 is 5.11 Å². The summed E-state index contributed by atoms with van der Waals surface area (Å²) in [5, 5.41) is 7.00. The zero-order chi connectivity index (χ0) is 10.3. The van der Waals surface area contributed by atoms with Crippen molar-refractivity contribution < 1.29 is 9.68 Å². The largest absolute Gasteiger partial charge is 0.400 e. The SMILES string of the molecule is CN(C)C(N(C)C)=[N+](C)C.CO. The van der Waals surface area contributed by atoms with Gasteiger partial charge in [-0.05, 0) is 0 Å². The molecule has 0 amide bonds. The quantitative estimate of drug-likeness (QED) is 0.302. The van der Waals surface area contributed by atoms with Gasteiger partial charge in [-0.2, -0.15) is 0 Å². The van der Waals surface area contributed by atoms with E-state index < -0.39 is 0 Å². The summed E-state index contributed by atoms with van der Waals surface area (Å²) in [6.07, 6.45) is 0. The maximum absolute atomic E-state index is 7.00. The molecule has 0 fully saturated rings. The Morgan fingerprint density at radius 2 is 1.17 bits per heavy atom. The van der Waals surface area contributed by atoms with Crippen LogP contribution < -0.4 is 0 Å². The van der Waals surface area contributed by atoms with Gasteiger partial charge in [0.15, 0.2) is 0 Å². The Morgan fingerprint density at radius 3 is 1.17 bits per heavy atom. The fraction of sp³-hybridized carbons (Fsp3) is 0.875. The highest BCUT2D eigenvalue weighted by atomic mass is 16.2. The number of aliphatic hydroxyl groups is 1. The molecule has 4 heteroatoms. The molecule has 74 valence electrons. The van der Waals surface area contributed by atoms with E-state index in [9.17, 15) is 0 Å². The standard InChI is InChI=1S/C7H18N3.CH4O/c1-8(2)7(9(3)4)10(5)6;1-2/h1-6H3;2H,1H3/q+1;. The van der Waals surface area contributed by atoms with E-state index in [2.05, 4.69) is 14.4 Å². The molecule has 0 aliphatic heterocycles. The summed E-state index contributed by atoms with van der Waals surface area (Å²) in [4.78, 5) is 4.17. The molecular weight excluding hydrogens is 154 g/mol. The molecule has 0 saturated carbocycles. The second-order valence-electron chi connectivity index (χ2n) is 2.98. The van der Waals surface area contributed by atoms with Crippen molar-refractivity contribution in [3.8, 4) is 0 Å². The lowest BCUT2D eigenvalue weighted by atomic mass is 10.7. The van der Waals surface area contributed by atoms with Crippen LogP contribution in [0.3, 0.4) is 0 Å². The van der Waals surface area contributed by atoms with Crippen molar-refractivity contribution in [3.05, 3.63) is 0 Å². The maximum Gasteiger partial charge on any atom is 0.349 e. The summed E-state index contributed by atoms with van der Waals surface area (Å²) in [7, 11) is 13.2. The van der Waals surface area contributed by atoms with Crippen molar-refractivity contribution in [2.75, 3.05) is 49.4 Å². The first-order chi connectivity index (χ1) is 5.46. The first-order valence-electron chi connectivity index (χ1n) is 3.80. The van der Waals surface area contributed by atoms with Crippen LogP contribution in [0.4, 0.5) is 0 Å². The number of hydrogen-bond donors (Lipinski definition) is 1. The number of hydrogen-bond acceptors (Lipinski definition) is 1. The zero-order valence-corrected chi connectivity index (χ0v) is 9.29. The van der Waals surface area contributed by atoms with Gasteiger partial charge in [0, 0.05) is 7.11 Å². The Morgan fingerprint density at radius 1 is 0.917 bits per heavy atom. The lowest BCUT2D eigenvalue weighted by Crippen LogP contribution is -2.40. The zero-order valence-electron chi connectivity index (χ0n) is 9.29. The van der Waals surface area contributed by atoms with E-state index in [1.165, 1.54) is 5.96 Å². The molecular formula is C8H22N3O+. The minimum Gasteiger partial charge on any atom is -0.400 e. The van der Waals surface area contributed by atoms with Gasteiger partial charge >= 0.3 is 5.96 Å². The van der Waals surface area contributed by atoms with Gasteiger partial charge in [-0.15, -0.1) is 0 Å². The lowest BCUT2D eigenvalue weighted by Gasteiger charge is -2.16. The number of rotatable bonds is 0. The summed E-state index contributed by atoms with van der Waals surface area (Å²) in [6, 6.07) is 0. The van der Waals surface area contributed by atoms with E-state index in [-0.39, 0.29) is 0 Å².